The average Bonchev–Trinajstić information content (AvgIpc) is 0.780. The first-order chi connectivity index (χ1) is 42.9. The topological polar surface area (TPSA) is 118 Å². The van der Waals surface area contributed by atoms with E-state index < -0.39 is 34.7 Å². The fraction of sp³-hybridized carbons (Fsp3) is 0.650. The summed E-state index contributed by atoms with van der Waals surface area (Å²) < 4.78 is 26.4. The fourth-order valence-corrected chi connectivity index (χ4v) is 16.7. The molecule has 0 N–H and O–H groups in total. The summed E-state index contributed by atoms with van der Waals surface area (Å²) in [4.78, 5) is 69.5. The SMILES string of the molecule is CCC1(C)CC(OC(=O)C(Cc2ccccc2)(Cc2ccccc2)C(=O)OC2CC(C)(CC)N(C)C(C)(CC)C2C)C(C)C(C)(CC)N1C.CN1C(C)(C)CC(OC(=O)C(Cc2ccccc2)(Cc2ccccc2)C(=O)OC2CC(C)(C)N(C)C(C)(C)C2)CC1(C)C. The molecule has 0 saturated carbocycles. The Hall–Kier alpha value is -5.40. The van der Waals surface area contributed by atoms with Crippen LogP contribution in [0.2, 0.25) is 0 Å². The van der Waals surface area contributed by atoms with Gasteiger partial charge in [-0.15, -0.1) is 0 Å². The molecule has 12 nitrogen and oxygen atoms in total. The van der Waals surface area contributed by atoms with Crippen LogP contribution in [0, 0.1) is 22.7 Å². The molecule has 0 bridgehead atoms. The third kappa shape index (κ3) is 15.3. The van der Waals surface area contributed by atoms with Crippen LogP contribution in [-0.2, 0) is 63.8 Å². The van der Waals surface area contributed by atoms with Gasteiger partial charge in [0.2, 0.25) is 0 Å². The molecule has 4 aromatic rings. The Balaban J connectivity index is 0.000000263. The summed E-state index contributed by atoms with van der Waals surface area (Å²) >= 11 is 0. The van der Waals surface area contributed by atoms with E-state index in [1.54, 1.807) is 0 Å². The molecule has 4 saturated heterocycles. The number of carbonyl (C=O) groups is 4. The largest absolute Gasteiger partial charge is 0.461 e. The van der Waals surface area contributed by atoms with E-state index in [9.17, 15) is 9.59 Å². The van der Waals surface area contributed by atoms with Crippen molar-refractivity contribution in [2.24, 2.45) is 22.7 Å². The molecule has 0 amide bonds. The number of ether oxygens (including phenoxy) is 4. The maximum atomic E-state index is 15.2. The molecule has 12 heteroatoms. The zero-order valence-corrected chi connectivity index (χ0v) is 61.0. The zero-order chi connectivity index (χ0) is 68.3. The van der Waals surface area contributed by atoms with Gasteiger partial charge in [-0.25, -0.2) is 0 Å². The summed E-state index contributed by atoms with van der Waals surface area (Å²) in [6, 6.07) is 39.4. The molecule has 8 rings (SSSR count). The van der Waals surface area contributed by atoms with Crippen LogP contribution in [0.3, 0.4) is 0 Å². The first kappa shape index (κ1) is 74.0. The Labute approximate surface area is 556 Å². The average molecular weight is 1270 g/mol. The number of carbonyl (C=O) groups excluding carboxylic acids is 4. The number of nitrogens with zero attached hydrogens (tertiary/aromatic N) is 4. The summed E-state index contributed by atoms with van der Waals surface area (Å²) in [5.41, 5.74) is -0.776. The van der Waals surface area contributed by atoms with Gasteiger partial charge < -0.3 is 18.9 Å². The molecule has 0 aliphatic carbocycles. The summed E-state index contributed by atoms with van der Waals surface area (Å²) in [5.74, 6) is -1.79. The van der Waals surface area contributed by atoms with Gasteiger partial charge in [-0.3, -0.25) is 38.8 Å². The smallest absolute Gasteiger partial charge is 0.324 e. The van der Waals surface area contributed by atoms with Crippen LogP contribution >= 0.6 is 0 Å². The van der Waals surface area contributed by atoms with Crippen LogP contribution < -0.4 is 0 Å². The number of hydrogen-bond donors (Lipinski definition) is 0. The number of rotatable bonds is 20. The van der Waals surface area contributed by atoms with E-state index in [1.165, 1.54) is 0 Å². The van der Waals surface area contributed by atoms with Crippen molar-refractivity contribution < 1.29 is 38.1 Å². The van der Waals surface area contributed by atoms with Crippen molar-refractivity contribution in [2.45, 2.75) is 283 Å². The van der Waals surface area contributed by atoms with Gasteiger partial charge in [0.1, 0.15) is 24.4 Å². The Morgan fingerprint density at radius 3 is 0.804 bits per heavy atom. The van der Waals surface area contributed by atoms with E-state index >= 15 is 9.59 Å². The van der Waals surface area contributed by atoms with Gasteiger partial charge in [0.15, 0.2) is 10.8 Å². The molecule has 4 fully saturated rings. The van der Waals surface area contributed by atoms with E-state index in [4.69, 9.17) is 18.9 Å². The van der Waals surface area contributed by atoms with Crippen molar-refractivity contribution in [1.82, 2.24) is 19.6 Å². The number of piperidine rings is 4. The Kier molecular flexibility index (Phi) is 22.9. The van der Waals surface area contributed by atoms with E-state index in [1.807, 2.05) is 121 Å². The fourth-order valence-electron chi connectivity index (χ4n) is 16.7. The lowest BCUT2D eigenvalue weighted by Gasteiger charge is -2.59. The first-order valence-electron chi connectivity index (χ1n) is 34.8. The number of esters is 4. The van der Waals surface area contributed by atoms with Gasteiger partial charge in [0.25, 0.3) is 0 Å². The molecule has 4 aromatic carbocycles. The van der Waals surface area contributed by atoms with Crippen LogP contribution in [0.25, 0.3) is 0 Å². The van der Waals surface area contributed by atoms with Crippen molar-refractivity contribution in [2.75, 3.05) is 28.2 Å². The minimum absolute atomic E-state index is 0.0673. The highest BCUT2D eigenvalue weighted by Crippen LogP contribution is 2.50. The standard InChI is InChI=1S/C43H66N2O4.C37H54N2O4/c1-13-39(7)29-35(31(5)41(9,15-3)44(39)11)48-37(46)43(27-33-23-19-17-20-24-33,28-34-25-21-18-22-26-34)38(47)49-36-30-40(8,14-2)45(12)42(10,16-4)32(36)6;1-33(2)23-29(24-34(3,4)38(33)9)42-31(40)37(21-27-17-13-11-14-18-27,22-28-19-15-12-16-20-28)32(41)43-30-25-35(5,6)39(10)36(7,8)26-30/h17-26,31-32,35-36H,13-16,27-30H2,1-12H3;11-20,29-30H,21-26H2,1-10H3. The van der Waals surface area contributed by atoms with Gasteiger partial charge >= 0.3 is 23.9 Å². The van der Waals surface area contributed by atoms with Gasteiger partial charge in [-0.05, 0) is 185 Å². The Morgan fingerprint density at radius 1 is 0.359 bits per heavy atom. The lowest BCUT2D eigenvalue weighted by atomic mass is 9.68. The van der Waals surface area contributed by atoms with Crippen LogP contribution in [0.4, 0.5) is 0 Å². The van der Waals surface area contributed by atoms with Gasteiger partial charge in [0, 0.05) is 94.7 Å². The van der Waals surface area contributed by atoms with Crippen LogP contribution in [0.15, 0.2) is 121 Å². The maximum absolute atomic E-state index is 15.2. The molecule has 4 heterocycles. The van der Waals surface area contributed by atoms with Crippen LogP contribution in [-0.4, -0.2) is 140 Å². The second-order valence-corrected chi connectivity index (χ2v) is 32.2. The molecular weight excluding hydrogens is 1140 g/mol. The quantitative estimate of drug-likeness (QED) is 0.0476. The van der Waals surface area contributed by atoms with E-state index in [2.05, 4.69) is 172 Å². The van der Waals surface area contributed by atoms with Gasteiger partial charge in [-0.2, -0.15) is 0 Å². The van der Waals surface area contributed by atoms with Gasteiger partial charge in [0.05, 0.1) is 0 Å². The summed E-state index contributed by atoms with van der Waals surface area (Å²) in [6.45, 7) is 39.9. The molecule has 0 spiro atoms. The van der Waals surface area contributed by atoms with E-state index in [-0.39, 0.29) is 106 Å². The third-order valence-electron chi connectivity index (χ3n) is 25.0. The number of likely N-dealkylation sites (tertiary alicyclic amines) is 4. The molecule has 508 valence electrons. The molecule has 4 aliphatic rings. The molecule has 8 atom stereocenters. The molecule has 0 radical (unpaired) electrons. The van der Waals surface area contributed by atoms with Crippen molar-refractivity contribution in [3.8, 4) is 0 Å². The second kappa shape index (κ2) is 28.5. The Morgan fingerprint density at radius 2 is 0.587 bits per heavy atom. The molecule has 0 aromatic heterocycles. The predicted molar refractivity (Wildman–Crippen MR) is 373 cm³/mol. The number of benzene rings is 4. The second-order valence-electron chi connectivity index (χ2n) is 32.2. The highest BCUT2D eigenvalue weighted by molar-refractivity contribution is 6.02. The maximum Gasteiger partial charge on any atom is 0.324 e. The van der Waals surface area contributed by atoms with Crippen molar-refractivity contribution in [1.29, 1.82) is 0 Å². The molecular formula is C80H120N4O8. The number of hydrogen-bond acceptors (Lipinski definition) is 12. The lowest BCUT2D eigenvalue weighted by Crippen LogP contribution is -2.67. The zero-order valence-electron chi connectivity index (χ0n) is 61.0. The Bertz CT molecular complexity index is 2850. The predicted octanol–water partition coefficient (Wildman–Crippen LogP) is 15.7. The van der Waals surface area contributed by atoms with Crippen molar-refractivity contribution in [3.63, 3.8) is 0 Å². The van der Waals surface area contributed by atoms with Crippen molar-refractivity contribution in [3.05, 3.63) is 144 Å². The van der Waals surface area contributed by atoms with Gasteiger partial charge in [-0.1, -0.05) is 163 Å². The normalized spacial score (nSPS) is 28.8. The highest BCUT2D eigenvalue weighted by atomic mass is 16.6. The van der Waals surface area contributed by atoms with E-state index in [0.717, 1.165) is 47.9 Å². The summed E-state index contributed by atoms with van der Waals surface area (Å²) in [5, 5.41) is 0. The molecule has 92 heavy (non-hydrogen) atoms. The molecule has 8 unspecified atom stereocenters. The minimum Gasteiger partial charge on any atom is -0.461 e. The monoisotopic (exact) mass is 1260 g/mol. The molecule has 4 aliphatic heterocycles. The van der Waals surface area contributed by atoms with Crippen LogP contribution in [0.5, 0.6) is 0 Å². The summed E-state index contributed by atoms with van der Waals surface area (Å²) in [6.07, 6.45) is 7.42. The highest BCUT2D eigenvalue weighted by Gasteiger charge is 2.59. The lowest BCUT2D eigenvalue weighted by molar-refractivity contribution is -0.199. The third-order valence-corrected chi connectivity index (χ3v) is 25.0. The minimum atomic E-state index is -1.56. The van der Waals surface area contributed by atoms with Crippen molar-refractivity contribution >= 4 is 23.9 Å². The summed E-state index contributed by atoms with van der Waals surface area (Å²) in [7, 11) is 8.69. The van der Waals surface area contributed by atoms with Crippen LogP contribution in [0.1, 0.15) is 211 Å². The van der Waals surface area contributed by atoms with E-state index in [0.29, 0.717) is 38.5 Å². The first-order valence-corrected chi connectivity index (χ1v) is 34.8.